The Kier molecular flexibility index (Phi) is 8.68. The highest BCUT2D eigenvalue weighted by molar-refractivity contribution is 6.09. The van der Waals surface area contributed by atoms with Crippen molar-refractivity contribution in [3.63, 3.8) is 0 Å². The van der Waals surface area contributed by atoms with Gasteiger partial charge in [-0.25, -0.2) is 4.98 Å². The van der Waals surface area contributed by atoms with Gasteiger partial charge in [-0.1, -0.05) is 31.4 Å². The van der Waals surface area contributed by atoms with E-state index >= 15 is 0 Å². The Morgan fingerprint density at radius 2 is 1.74 bits per heavy atom. The highest BCUT2D eigenvalue weighted by Crippen LogP contribution is 2.38. The van der Waals surface area contributed by atoms with Gasteiger partial charge in [-0.05, 0) is 48.7 Å². The van der Waals surface area contributed by atoms with E-state index in [1.54, 1.807) is 12.1 Å². The second-order valence-corrected chi connectivity index (χ2v) is 9.17. The summed E-state index contributed by atoms with van der Waals surface area (Å²) in [6.07, 6.45) is 3.70. The highest BCUT2D eigenvalue weighted by atomic mass is 19.4. The third kappa shape index (κ3) is 6.47. The zero-order valence-electron chi connectivity index (χ0n) is 21.6. The van der Waals surface area contributed by atoms with Gasteiger partial charge in [0, 0.05) is 24.1 Å². The first-order valence-electron chi connectivity index (χ1n) is 12.5. The van der Waals surface area contributed by atoms with Crippen LogP contribution in [0.2, 0.25) is 0 Å². The quantitative estimate of drug-likeness (QED) is 0.413. The number of hydrogen-bond acceptors (Lipinski definition) is 6. The summed E-state index contributed by atoms with van der Waals surface area (Å²) < 4.78 is 51.8. The van der Waals surface area contributed by atoms with Crippen molar-refractivity contribution in [2.24, 2.45) is 0 Å². The minimum atomic E-state index is -4.67. The lowest BCUT2D eigenvalue weighted by atomic mass is 9.94. The van der Waals surface area contributed by atoms with E-state index in [2.05, 4.69) is 15.3 Å². The van der Waals surface area contributed by atoms with E-state index in [9.17, 15) is 22.8 Å². The smallest absolute Gasteiger partial charge is 0.416 e. The first-order chi connectivity index (χ1) is 18.7. The number of carbonyl (C=O) groups excluding carboxylic acids is 2. The summed E-state index contributed by atoms with van der Waals surface area (Å²) in [7, 11) is 2.88. The van der Waals surface area contributed by atoms with Gasteiger partial charge in [0.15, 0.2) is 11.5 Å². The number of benzene rings is 2. The van der Waals surface area contributed by atoms with Gasteiger partial charge in [0.2, 0.25) is 5.91 Å². The van der Waals surface area contributed by atoms with Crippen LogP contribution in [0.4, 0.5) is 18.9 Å². The molecule has 3 aromatic rings. The fourth-order valence-corrected chi connectivity index (χ4v) is 4.72. The minimum absolute atomic E-state index is 0.121. The third-order valence-corrected chi connectivity index (χ3v) is 6.63. The van der Waals surface area contributed by atoms with E-state index in [0.29, 0.717) is 17.1 Å². The van der Waals surface area contributed by atoms with Crippen LogP contribution in [0.5, 0.6) is 11.5 Å². The first-order valence-corrected chi connectivity index (χ1v) is 12.5. The van der Waals surface area contributed by atoms with Gasteiger partial charge in [-0.3, -0.25) is 19.5 Å². The predicted molar refractivity (Wildman–Crippen MR) is 138 cm³/mol. The lowest BCUT2D eigenvalue weighted by molar-refractivity contribution is -0.137. The van der Waals surface area contributed by atoms with Crippen molar-refractivity contribution < 1.29 is 32.2 Å². The molecule has 1 N–H and O–H groups in total. The van der Waals surface area contributed by atoms with Crippen LogP contribution in [-0.2, 0) is 11.0 Å². The van der Waals surface area contributed by atoms with Crippen molar-refractivity contribution >= 4 is 17.5 Å². The molecule has 1 saturated carbocycles. The summed E-state index contributed by atoms with van der Waals surface area (Å²) in [6.45, 7) is 0. The largest absolute Gasteiger partial charge is 0.493 e. The molecule has 0 unspecified atom stereocenters. The Hall–Kier alpha value is -4.15. The summed E-state index contributed by atoms with van der Waals surface area (Å²) in [5, 5.41) is 3.02. The van der Waals surface area contributed by atoms with E-state index in [1.165, 1.54) is 51.0 Å². The van der Waals surface area contributed by atoms with Gasteiger partial charge in [-0.2, -0.15) is 13.2 Å². The van der Waals surface area contributed by atoms with Gasteiger partial charge in [0.05, 0.1) is 26.0 Å². The van der Waals surface area contributed by atoms with E-state index in [0.717, 1.165) is 49.1 Å². The number of anilines is 1. The molecule has 1 heterocycles. The average molecular weight is 543 g/mol. The number of alkyl halides is 3. The van der Waals surface area contributed by atoms with E-state index in [1.807, 2.05) is 0 Å². The number of rotatable bonds is 8. The van der Waals surface area contributed by atoms with Crippen molar-refractivity contribution in [2.75, 3.05) is 19.1 Å². The molecular weight excluding hydrogens is 513 g/mol. The molecular formula is C28H29F3N4O4. The van der Waals surface area contributed by atoms with Crippen LogP contribution in [-0.4, -0.2) is 42.0 Å². The number of ether oxygens (including phenoxy) is 2. The Labute approximate surface area is 224 Å². The molecule has 2 amide bonds. The maximum Gasteiger partial charge on any atom is 0.416 e. The van der Waals surface area contributed by atoms with Gasteiger partial charge in [0.25, 0.3) is 5.91 Å². The van der Waals surface area contributed by atoms with Crippen LogP contribution in [0.1, 0.15) is 59.8 Å². The SMILES string of the molecule is COc1ccc([C@@H](C(=O)NC2CCCCC2)N(C(=O)c2cnccn2)c2cccc(C(F)(F)F)c2)cc1OC. The first kappa shape index (κ1) is 27.9. The standard InChI is InChI=1S/C28H29F3N4O4/c1-38-23-12-11-18(15-24(23)39-2)25(26(36)34-20-8-4-3-5-9-20)35(27(37)22-17-32-13-14-33-22)21-10-6-7-19(16-21)28(29,30)31/h6-7,10-17,20,25H,3-5,8-9H2,1-2H3,(H,34,36)/t25-/m0/s1. The highest BCUT2D eigenvalue weighted by Gasteiger charge is 2.37. The fraction of sp³-hybridized carbons (Fsp3) is 0.357. The Bertz CT molecular complexity index is 1300. The number of hydrogen-bond donors (Lipinski definition) is 1. The van der Waals surface area contributed by atoms with Crippen molar-refractivity contribution in [1.82, 2.24) is 15.3 Å². The number of carbonyl (C=O) groups is 2. The Morgan fingerprint density at radius 3 is 2.38 bits per heavy atom. The molecule has 0 spiro atoms. The molecule has 11 heteroatoms. The lowest BCUT2D eigenvalue weighted by Gasteiger charge is -2.33. The molecule has 0 saturated heterocycles. The molecule has 39 heavy (non-hydrogen) atoms. The molecule has 1 aliphatic rings. The zero-order chi connectivity index (χ0) is 28.0. The molecule has 0 aliphatic heterocycles. The van der Waals surface area contributed by atoms with Crippen LogP contribution in [0, 0.1) is 0 Å². The normalized spacial score (nSPS) is 14.8. The van der Waals surface area contributed by atoms with Crippen LogP contribution in [0.15, 0.2) is 61.1 Å². The average Bonchev–Trinajstić information content (AvgIpc) is 2.95. The van der Waals surface area contributed by atoms with Crippen molar-refractivity contribution in [3.05, 3.63) is 77.9 Å². The number of nitrogens with zero attached hydrogens (tertiary/aromatic N) is 3. The molecule has 0 bridgehead atoms. The molecule has 2 aromatic carbocycles. The second kappa shape index (κ2) is 12.1. The van der Waals surface area contributed by atoms with Gasteiger partial charge >= 0.3 is 6.18 Å². The molecule has 1 atom stereocenters. The predicted octanol–water partition coefficient (Wildman–Crippen LogP) is 5.35. The van der Waals surface area contributed by atoms with Crippen LogP contribution in [0.25, 0.3) is 0 Å². The van der Waals surface area contributed by atoms with Crippen molar-refractivity contribution in [2.45, 2.75) is 50.4 Å². The number of aromatic nitrogens is 2. The molecule has 0 radical (unpaired) electrons. The number of nitrogens with one attached hydrogen (secondary N) is 1. The van der Waals surface area contributed by atoms with Crippen molar-refractivity contribution in [1.29, 1.82) is 0 Å². The van der Waals surface area contributed by atoms with Gasteiger partial charge in [0.1, 0.15) is 11.7 Å². The summed E-state index contributed by atoms with van der Waals surface area (Å²) in [4.78, 5) is 36.9. The van der Waals surface area contributed by atoms with E-state index in [-0.39, 0.29) is 17.4 Å². The van der Waals surface area contributed by atoms with Crippen LogP contribution in [0.3, 0.4) is 0 Å². The number of halogens is 3. The fourth-order valence-electron chi connectivity index (χ4n) is 4.72. The summed E-state index contributed by atoms with van der Waals surface area (Å²) in [6, 6.07) is 7.51. The van der Waals surface area contributed by atoms with Gasteiger partial charge < -0.3 is 14.8 Å². The monoisotopic (exact) mass is 542 g/mol. The summed E-state index contributed by atoms with van der Waals surface area (Å²) >= 11 is 0. The van der Waals surface area contributed by atoms with Gasteiger partial charge in [-0.15, -0.1) is 0 Å². The van der Waals surface area contributed by atoms with E-state index < -0.39 is 29.6 Å². The molecule has 4 rings (SSSR count). The molecule has 1 aliphatic carbocycles. The Morgan fingerprint density at radius 1 is 1.00 bits per heavy atom. The number of amides is 2. The van der Waals surface area contributed by atoms with Crippen molar-refractivity contribution in [3.8, 4) is 11.5 Å². The zero-order valence-corrected chi connectivity index (χ0v) is 21.6. The maximum atomic E-state index is 14.0. The second-order valence-electron chi connectivity index (χ2n) is 9.17. The number of methoxy groups -OCH3 is 2. The topological polar surface area (TPSA) is 93.7 Å². The summed E-state index contributed by atoms with van der Waals surface area (Å²) in [5.74, 6) is -0.648. The third-order valence-electron chi connectivity index (χ3n) is 6.63. The molecule has 206 valence electrons. The minimum Gasteiger partial charge on any atom is -0.493 e. The molecule has 8 nitrogen and oxygen atoms in total. The van der Waals surface area contributed by atoms with E-state index in [4.69, 9.17) is 9.47 Å². The summed E-state index contributed by atoms with van der Waals surface area (Å²) in [5.41, 5.74) is -0.906. The lowest BCUT2D eigenvalue weighted by Crippen LogP contribution is -2.47. The van der Waals surface area contributed by atoms with Crippen LogP contribution >= 0.6 is 0 Å². The molecule has 1 fully saturated rings. The Balaban J connectivity index is 1.89. The van der Waals surface area contributed by atoms with Crippen LogP contribution < -0.4 is 19.7 Å². The maximum absolute atomic E-state index is 14.0. The molecule has 1 aromatic heterocycles.